The predicted octanol–water partition coefficient (Wildman–Crippen LogP) is 2.53. The normalized spacial score (nSPS) is 24.6. The topological polar surface area (TPSA) is 47.7 Å². The zero-order valence-corrected chi connectivity index (χ0v) is 14.2. The van der Waals surface area contributed by atoms with E-state index >= 15 is 0 Å². The molecule has 1 heterocycles. The molecule has 1 aliphatic heterocycles. The van der Waals surface area contributed by atoms with E-state index in [1.54, 1.807) is 14.2 Å². The first-order chi connectivity index (χ1) is 10.1. The third-order valence-electron chi connectivity index (χ3n) is 3.91. The van der Waals surface area contributed by atoms with E-state index in [0.717, 1.165) is 30.2 Å². The highest BCUT2D eigenvalue weighted by Crippen LogP contribution is 2.35. The third-order valence-corrected chi connectivity index (χ3v) is 5.14. The Balaban J connectivity index is 2.28. The lowest BCUT2D eigenvalue weighted by atomic mass is 10.0. The van der Waals surface area contributed by atoms with Crippen molar-refractivity contribution in [2.75, 3.05) is 33.9 Å². The van der Waals surface area contributed by atoms with Crippen LogP contribution in [-0.2, 0) is 0 Å². The van der Waals surface area contributed by atoms with Gasteiger partial charge in [-0.05, 0) is 6.07 Å². The van der Waals surface area contributed by atoms with Crippen LogP contribution < -0.4 is 15.2 Å². The zero-order valence-electron chi connectivity index (χ0n) is 13.3. The minimum atomic E-state index is 0.191. The van der Waals surface area contributed by atoms with Crippen molar-refractivity contribution in [3.63, 3.8) is 0 Å². The lowest BCUT2D eigenvalue weighted by Gasteiger charge is -2.40. The van der Waals surface area contributed by atoms with Gasteiger partial charge in [-0.1, -0.05) is 19.9 Å². The van der Waals surface area contributed by atoms with Crippen molar-refractivity contribution in [3.05, 3.63) is 23.8 Å². The Hall–Kier alpha value is -0.910. The quantitative estimate of drug-likeness (QED) is 0.905. The smallest absolute Gasteiger partial charge is 0.127 e. The number of hydrogen-bond donors (Lipinski definition) is 1. The summed E-state index contributed by atoms with van der Waals surface area (Å²) in [6.07, 6.45) is 0. The van der Waals surface area contributed by atoms with E-state index in [9.17, 15) is 0 Å². The number of methoxy groups -OCH3 is 2. The molecule has 1 aromatic carbocycles. The number of rotatable bonds is 5. The fourth-order valence-corrected chi connectivity index (χ4v) is 4.39. The summed E-state index contributed by atoms with van der Waals surface area (Å²) >= 11 is 2.05. The molecular formula is C16H26N2O2S. The van der Waals surface area contributed by atoms with Crippen LogP contribution in [0.5, 0.6) is 11.5 Å². The van der Waals surface area contributed by atoms with Crippen LogP contribution in [0.15, 0.2) is 18.2 Å². The molecule has 1 aliphatic rings. The van der Waals surface area contributed by atoms with Crippen LogP contribution in [0.3, 0.4) is 0 Å². The van der Waals surface area contributed by atoms with Gasteiger partial charge in [0.2, 0.25) is 0 Å². The molecule has 0 amide bonds. The number of hydrogen-bond acceptors (Lipinski definition) is 5. The second-order valence-electron chi connectivity index (χ2n) is 5.57. The molecule has 4 nitrogen and oxygen atoms in total. The van der Waals surface area contributed by atoms with Crippen molar-refractivity contribution in [1.82, 2.24) is 4.90 Å². The zero-order chi connectivity index (χ0) is 15.4. The van der Waals surface area contributed by atoms with Gasteiger partial charge < -0.3 is 15.2 Å². The van der Waals surface area contributed by atoms with Crippen molar-refractivity contribution in [2.45, 2.75) is 30.4 Å². The second kappa shape index (κ2) is 7.38. The Labute approximate surface area is 132 Å². The lowest BCUT2D eigenvalue weighted by molar-refractivity contribution is 0.195. The Kier molecular flexibility index (Phi) is 5.79. The average molecular weight is 310 g/mol. The van der Waals surface area contributed by atoms with Crippen molar-refractivity contribution in [2.24, 2.45) is 5.73 Å². The van der Waals surface area contributed by atoms with E-state index in [-0.39, 0.29) is 6.04 Å². The van der Waals surface area contributed by atoms with Crippen LogP contribution >= 0.6 is 11.8 Å². The average Bonchev–Trinajstić information content (AvgIpc) is 2.47. The highest BCUT2D eigenvalue weighted by atomic mass is 32.2. The summed E-state index contributed by atoms with van der Waals surface area (Å²) < 4.78 is 10.8. The second-order valence-corrected chi connectivity index (χ2v) is 7.45. The largest absolute Gasteiger partial charge is 0.497 e. The van der Waals surface area contributed by atoms with Crippen LogP contribution in [0.25, 0.3) is 0 Å². The summed E-state index contributed by atoms with van der Waals surface area (Å²) in [4.78, 5) is 2.48. The van der Waals surface area contributed by atoms with E-state index in [1.165, 1.54) is 0 Å². The van der Waals surface area contributed by atoms with Gasteiger partial charge in [-0.15, -0.1) is 0 Å². The van der Waals surface area contributed by atoms with Crippen molar-refractivity contribution >= 4 is 11.8 Å². The highest BCUT2D eigenvalue weighted by Gasteiger charge is 2.29. The molecule has 118 valence electrons. The fourth-order valence-electron chi connectivity index (χ4n) is 3.04. The standard InChI is InChI=1S/C16H26N2O2S/c1-11-9-18(10-12(2)21-11)15(8-17)14-6-5-13(19-3)7-16(14)20-4/h5-7,11-12,15H,8-10,17H2,1-4H3. The van der Waals surface area contributed by atoms with Crippen LogP contribution in [-0.4, -0.2) is 49.3 Å². The van der Waals surface area contributed by atoms with E-state index in [0.29, 0.717) is 17.0 Å². The Morgan fingerprint density at radius 3 is 2.43 bits per heavy atom. The number of ether oxygens (including phenoxy) is 2. The number of nitrogens with two attached hydrogens (primary N) is 1. The van der Waals surface area contributed by atoms with Gasteiger partial charge in [-0.25, -0.2) is 0 Å². The van der Waals surface area contributed by atoms with Crippen LogP contribution in [0.1, 0.15) is 25.5 Å². The monoisotopic (exact) mass is 310 g/mol. The molecule has 21 heavy (non-hydrogen) atoms. The number of thioether (sulfide) groups is 1. The molecule has 3 unspecified atom stereocenters. The SMILES string of the molecule is COc1ccc(C(CN)N2CC(C)SC(C)C2)c(OC)c1. The van der Waals surface area contributed by atoms with Gasteiger partial charge in [0, 0.05) is 41.8 Å². The molecule has 1 fully saturated rings. The predicted molar refractivity (Wildman–Crippen MR) is 89.4 cm³/mol. The summed E-state index contributed by atoms with van der Waals surface area (Å²) in [5.41, 5.74) is 7.23. The minimum Gasteiger partial charge on any atom is -0.497 e. The van der Waals surface area contributed by atoms with Gasteiger partial charge >= 0.3 is 0 Å². The summed E-state index contributed by atoms with van der Waals surface area (Å²) in [5.74, 6) is 1.66. The van der Waals surface area contributed by atoms with Crippen molar-refractivity contribution in [1.29, 1.82) is 0 Å². The molecule has 0 bridgehead atoms. The molecule has 3 atom stereocenters. The summed E-state index contributed by atoms with van der Waals surface area (Å²) in [6.45, 7) is 7.28. The van der Waals surface area contributed by atoms with Gasteiger partial charge in [0.25, 0.3) is 0 Å². The van der Waals surface area contributed by atoms with Crippen LogP contribution in [0.4, 0.5) is 0 Å². The number of nitrogens with zero attached hydrogens (tertiary/aromatic N) is 1. The molecule has 5 heteroatoms. The van der Waals surface area contributed by atoms with E-state index in [1.807, 2.05) is 12.1 Å². The fraction of sp³-hybridized carbons (Fsp3) is 0.625. The maximum Gasteiger partial charge on any atom is 0.127 e. The Morgan fingerprint density at radius 2 is 1.90 bits per heavy atom. The maximum atomic E-state index is 6.09. The lowest BCUT2D eigenvalue weighted by Crippen LogP contribution is -2.44. The molecule has 1 saturated heterocycles. The first-order valence-electron chi connectivity index (χ1n) is 7.40. The van der Waals surface area contributed by atoms with E-state index in [4.69, 9.17) is 15.2 Å². The molecule has 1 aromatic rings. The summed E-state index contributed by atoms with van der Waals surface area (Å²) in [5, 5.41) is 1.26. The Bertz CT molecular complexity index is 460. The first kappa shape index (κ1) is 16.5. The molecule has 0 spiro atoms. The van der Waals surface area contributed by atoms with Crippen LogP contribution in [0.2, 0.25) is 0 Å². The van der Waals surface area contributed by atoms with E-state index in [2.05, 4.69) is 36.6 Å². The van der Waals surface area contributed by atoms with Gasteiger partial charge in [-0.3, -0.25) is 4.90 Å². The summed E-state index contributed by atoms with van der Waals surface area (Å²) in [6, 6.07) is 6.18. The minimum absolute atomic E-state index is 0.191. The third kappa shape index (κ3) is 3.84. The molecule has 2 N–H and O–H groups in total. The molecule has 0 saturated carbocycles. The molecule has 0 aliphatic carbocycles. The molecule has 2 rings (SSSR count). The van der Waals surface area contributed by atoms with Crippen molar-refractivity contribution in [3.8, 4) is 11.5 Å². The maximum absolute atomic E-state index is 6.09. The van der Waals surface area contributed by atoms with Gasteiger partial charge in [0.1, 0.15) is 11.5 Å². The van der Waals surface area contributed by atoms with E-state index < -0.39 is 0 Å². The van der Waals surface area contributed by atoms with Crippen LogP contribution in [0, 0.1) is 0 Å². The molecular weight excluding hydrogens is 284 g/mol. The van der Waals surface area contributed by atoms with Gasteiger partial charge in [0.05, 0.1) is 20.3 Å². The number of benzene rings is 1. The molecule has 0 aromatic heterocycles. The van der Waals surface area contributed by atoms with Gasteiger partial charge in [-0.2, -0.15) is 11.8 Å². The van der Waals surface area contributed by atoms with Gasteiger partial charge in [0.15, 0.2) is 0 Å². The first-order valence-corrected chi connectivity index (χ1v) is 8.34. The summed E-state index contributed by atoms with van der Waals surface area (Å²) in [7, 11) is 3.36. The van der Waals surface area contributed by atoms with Crippen molar-refractivity contribution < 1.29 is 9.47 Å². The highest BCUT2D eigenvalue weighted by molar-refractivity contribution is 8.00. The molecule has 0 radical (unpaired) electrons. The Morgan fingerprint density at radius 1 is 1.24 bits per heavy atom.